The van der Waals surface area contributed by atoms with E-state index in [4.69, 9.17) is 4.74 Å². The lowest BCUT2D eigenvalue weighted by molar-refractivity contribution is 0.0143. The minimum Gasteiger partial charge on any atom is -0.486 e. The van der Waals surface area contributed by atoms with Gasteiger partial charge in [0, 0.05) is 31.9 Å². The molecule has 2 N–H and O–H groups in total. The highest BCUT2D eigenvalue weighted by Gasteiger charge is 2.29. The zero-order valence-corrected chi connectivity index (χ0v) is 17.1. The van der Waals surface area contributed by atoms with Crippen LogP contribution in [0.3, 0.4) is 0 Å². The Hall–Kier alpha value is -3.40. The molecule has 3 aromatic heterocycles. The number of hydrogen-bond acceptors (Lipinski definition) is 6. The lowest BCUT2D eigenvalue weighted by Gasteiger charge is -2.38. The molecule has 1 saturated carbocycles. The first-order valence-corrected chi connectivity index (χ1v) is 10.4. The number of alkyl halides is 2. The molecule has 0 unspecified atom stereocenters. The van der Waals surface area contributed by atoms with Crippen molar-refractivity contribution in [1.82, 2.24) is 25.2 Å². The van der Waals surface area contributed by atoms with Crippen molar-refractivity contribution in [2.24, 2.45) is 0 Å². The van der Waals surface area contributed by atoms with Crippen LogP contribution < -0.4 is 15.6 Å². The highest BCUT2D eigenvalue weighted by molar-refractivity contribution is 5.92. The summed E-state index contributed by atoms with van der Waals surface area (Å²) in [6.07, 6.45) is 2.40. The number of carbonyl (C=O) groups is 1. The van der Waals surface area contributed by atoms with E-state index < -0.39 is 17.5 Å². The third-order valence-electron chi connectivity index (χ3n) is 5.53. The van der Waals surface area contributed by atoms with Crippen LogP contribution in [-0.2, 0) is 6.54 Å². The van der Waals surface area contributed by atoms with Gasteiger partial charge >= 0.3 is 0 Å². The highest BCUT2D eigenvalue weighted by atomic mass is 19.3. The minimum absolute atomic E-state index is 0.00441. The van der Waals surface area contributed by atoms with Gasteiger partial charge in [-0.2, -0.15) is 0 Å². The van der Waals surface area contributed by atoms with Crippen LogP contribution in [-0.4, -0.2) is 51.0 Å². The molecule has 0 atom stereocenters. The predicted octanol–water partition coefficient (Wildman–Crippen LogP) is 2.41. The Morgan fingerprint density at radius 1 is 1.22 bits per heavy atom. The molecule has 5 rings (SSSR count). The number of amides is 1. The minimum atomic E-state index is -2.84. The fourth-order valence-corrected chi connectivity index (χ4v) is 3.64. The van der Waals surface area contributed by atoms with Gasteiger partial charge in [-0.1, -0.05) is 0 Å². The summed E-state index contributed by atoms with van der Waals surface area (Å²) in [4.78, 5) is 36.8. The van der Waals surface area contributed by atoms with Crippen LogP contribution in [0.4, 0.5) is 8.78 Å². The first kappa shape index (κ1) is 20.5. The molecule has 2 aliphatic rings. The number of H-pyrrole nitrogens is 1. The SMILES string of the molecule is O=C(NC1CC1)c1ccc(OC2CN(Cc3cnc4cc(C(F)F)c(=O)[nH]c4c3)C2)cn1. The standard InChI is InChI=1S/C22H21F2N5O3/c23-20(24)16-6-18-19(28-21(16)30)5-12(7-25-18)9-29-10-15(11-29)32-14-3-4-17(26-8-14)22(31)27-13-1-2-13/h3-8,13,15,20H,1-2,9-11H2,(H,27,31)(H,28,30). The van der Waals surface area contributed by atoms with E-state index >= 15 is 0 Å². The van der Waals surface area contributed by atoms with E-state index in [0.29, 0.717) is 42.1 Å². The molecule has 0 radical (unpaired) electrons. The molecule has 0 aromatic carbocycles. The molecule has 1 aliphatic carbocycles. The second kappa shape index (κ2) is 8.27. The average molecular weight is 441 g/mol. The Morgan fingerprint density at radius 2 is 2.03 bits per heavy atom. The van der Waals surface area contributed by atoms with Crippen molar-refractivity contribution in [3.8, 4) is 5.75 Å². The Morgan fingerprint density at radius 3 is 2.72 bits per heavy atom. The Bertz CT molecular complexity index is 1200. The molecule has 10 heteroatoms. The molecular weight excluding hydrogens is 420 g/mol. The summed E-state index contributed by atoms with van der Waals surface area (Å²) < 4.78 is 31.6. The first-order valence-electron chi connectivity index (χ1n) is 10.4. The normalized spacial score (nSPS) is 16.8. The number of aromatic amines is 1. The average Bonchev–Trinajstić information content (AvgIpc) is 3.56. The van der Waals surface area contributed by atoms with Gasteiger partial charge in [0.05, 0.1) is 22.8 Å². The summed E-state index contributed by atoms with van der Waals surface area (Å²) in [5.41, 5.74) is 0.628. The van der Waals surface area contributed by atoms with E-state index in [2.05, 4.69) is 25.2 Å². The third-order valence-corrected chi connectivity index (χ3v) is 5.53. The fourth-order valence-electron chi connectivity index (χ4n) is 3.64. The van der Waals surface area contributed by atoms with Crippen molar-refractivity contribution in [3.63, 3.8) is 0 Å². The molecule has 3 aromatic rings. The van der Waals surface area contributed by atoms with Crippen molar-refractivity contribution >= 4 is 16.9 Å². The van der Waals surface area contributed by atoms with E-state index in [1.165, 1.54) is 0 Å². The second-order valence-electron chi connectivity index (χ2n) is 8.19. The molecule has 2 fully saturated rings. The number of hydrogen-bond donors (Lipinski definition) is 2. The maximum Gasteiger partial charge on any atom is 0.270 e. The summed E-state index contributed by atoms with van der Waals surface area (Å²) >= 11 is 0. The van der Waals surface area contributed by atoms with E-state index in [-0.39, 0.29) is 18.1 Å². The summed E-state index contributed by atoms with van der Waals surface area (Å²) in [6, 6.07) is 6.57. The van der Waals surface area contributed by atoms with Crippen molar-refractivity contribution in [2.45, 2.75) is 38.0 Å². The monoisotopic (exact) mass is 441 g/mol. The number of ether oxygens (including phenoxy) is 1. The van der Waals surface area contributed by atoms with Crippen molar-refractivity contribution < 1.29 is 18.3 Å². The van der Waals surface area contributed by atoms with E-state index in [1.807, 2.05) is 0 Å². The van der Waals surface area contributed by atoms with Gasteiger partial charge in [0.15, 0.2) is 0 Å². The second-order valence-corrected chi connectivity index (χ2v) is 8.19. The number of rotatable bonds is 7. The maximum absolute atomic E-state index is 12.9. The fraction of sp³-hybridized carbons (Fsp3) is 0.364. The summed E-state index contributed by atoms with van der Waals surface area (Å²) in [7, 11) is 0. The van der Waals surface area contributed by atoms with Crippen molar-refractivity contribution in [1.29, 1.82) is 0 Å². The maximum atomic E-state index is 12.9. The summed E-state index contributed by atoms with van der Waals surface area (Å²) in [5, 5.41) is 2.90. The van der Waals surface area contributed by atoms with Crippen LogP contribution in [0.15, 0.2) is 41.5 Å². The summed E-state index contributed by atoms with van der Waals surface area (Å²) in [5.74, 6) is 0.446. The van der Waals surface area contributed by atoms with Gasteiger partial charge in [-0.05, 0) is 42.7 Å². The molecular formula is C22H21F2N5O3. The number of likely N-dealkylation sites (tertiary alicyclic amines) is 1. The van der Waals surface area contributed by atoms with Gasteiger partial charge in [-0.3, -0.25) is 19.5 Å². The lowest BCUT2D eigenvalue weighted by atomic mass is 10.1. The first-order chi connectivity index (χ1) is 15.4. The van der Waals surface area contributed by atoms with Gasteiger partial charge in [-0.25, -0.2) is 13.8 Å². The topological polar surface area (TPSA) is 100 Å². The molecule has 4 heterocycles. The number of halogens is 2. The van der Waals surface area contributed by atoms with Gasteiger partial charge in [0.1, 0.15) is 17.5 Å². The van der Waals surface area contributed by atoms with E-state index in [0.717, 1.165) is 24.5 Å². The Kier molecular flexibility index (Phi) is 5.30. The molecule has 1 saturated heterocycles. The van der Waals surface area contributed by atoms with Crippen LogP contribution in [0.2, 0.25) is 0 Å². The van der Waals surface area contributed by atoms with Crippen LogP contribution in [0.5, 0.6) is 5.75 Å². The third kappa shape index (κ3) is 4.45. The number of pyridine rings is 3. The van der Waals surface area contributed by atoms with Crippen molar-refractivity contribution in [3.05, 3.63) is 63.8 Å². The molecule has 8 nitrogen and oxygen atoms in total. The highest BCUT2D eigenvalue weighted by Crippen LogP contribution is 2.22. The van der Waals surface area contributed by atoms with Gasteiger partial charge in [-0.15, -0.1) is 0 Å². The Balaban J connectivity index is 1.14. The quantitative estimate of drug-likeness (QED) is 0.584. The number of aromatic nitrogens is 3. The van der Waals surface area contributed by atoms with Gasteiger partial charge < -0.3 is 15.0 Å². The zero-order valence-electron chi connectivity index (χ0n) is 17.1. The van der Waals surface area contributed by atoms with Crippen LogP contribution in [0, 0.1) is 0 Å². The molecule has 32 heavy (non-hydrogen) atoms. The van der Waals surface area contributed by atoms with Crippen molar-refractivity contribution in [2.75, 3.05) is 13.1 Å². The lowest BCUT2D eigenvalue weighted by Crippen LogP contribution is -2.53. The van der Waals surface area contributed by atoms with Gasteiger partial charge in [0.25, 0.3) is 17.9 Å². The smallest absolute Gasteiger partial charge is 0.270 e. The van der Waals surface area contributed by atoms with E-state index in [1.54, 1.807) is 30.6 Å². The number of nitrogens with zero attached hydrogens (tertiary/aromatic N) is 3. The number of carbonyl (C=O) groups excluding carboxylic acids is 1. The zero-order chi connectivity index (χ0) is 22.2. The van der Waals surface area contributed by atoms with Gasteiger partial charge in [0.2, 0.25) is 0 Å². The van der Waals surface area contributed by atoms with Crippen LogP contribution in [0.1, 0.15) is 40.9 Å². The molecule has 1 amide bonds. The van der Waals surface area contributed by atoms with Crippen LogP contribution >= 0.6 is 0 Å². The molecule has 0 bridgehead atoms. The summed E-state index contributed by atoms with van der Waals surface area (Å²) in [6.45, 7) is 1.99. The number of nitrogens with one attached hydrogen (secondary N) is 2. The Labute approximate surface area is 181 Å². The predicted molar refractivity (Wildman–Crippen MR) is 112 cm³/mol. The molecule has 166 valence electrons. The van der Waals surface area contributed by atoms with E-state index in [9.17, 15) is 18.4 Å². The molecule has 0 spiro atoms. The molecule has 1 aliphatic heterocycles. The van der Waals surface area contributed by atoms with Crippen LogP contribution in [0.25, 0.3) is 11.0 Å². The number of fused-ring (bicyclic) bond motifs is 1. The largest absolute Gasteiger partial charge is 0.486 e.